The van der Waals surface area contributed by atoms with E-state index in [0.717, 1.165) is 0 Å². The van der Waals surface area contributed by atoms with Crippen LogP contribution in [0.3, 0.4) is 0 Å². The van der Waals surface area contributed by atoms with Crippen LogP contribution < -0.4 is 0 Å². The molecule has 0 N–H and O–H groups in total. The van der Waals surface area contributed by atoms with Crippen LogP contribution in [0.5, 0.6) is 0 Å². The van der Waals surface area contributed by atoms with Crippen LogP contribution in [0.1, 0.15) is 41.5 Å². The molecule has 0 radical (unpaired) electrons. The number of hydrogen-bond donors (Lipinski definition) is 0. The molecule has 5 heteroatoms. The molecule has 0 heterocycles. The fourth-order valence-electron chi connectivity index (χ4n) is 1.43. The Bertz CT molecular complexity index is 347. The minimum Gasteiger partial charge on any atom is -0.462 e. The number of rotatable bonds is 6. The lowest BCUT2D eigenvalue weighted by atomic mass is 9.93. The Balaban J connectivity index is 5.23. The summed E-state index contributed by atoms with van der Waals surface area (Å²) in [6.07, 6.45) is -0.355. The van der Waals surface area contributed by atoms with E-state index in [9.17, 15) is 14.4 Å². The van der Waals surface area contributed by atoms with Crippen molar-refractivity contribution in [2.75, 3.05) is 7.05 Å². The summed E-state index contributed by atoms with van der Waals surface area (Å²) in [5.74, 6) is -3.40. The van der Waals surface area contributed by atoms with Gasteiger partial charge in [0.1, 0.15) is 0 Å². The summed E-state index contributed by atoms with van der Waals surface area (Å²) in [4.78, 5) is 37.7. The molecule has 5 nitrogen and oxygen atoms in total. The zero-order chi connectivity index (χ0) is 15.3. The van der Waals surface area contributed by atoms with Gasteiger partial charge < -0.3 is 9.64 Å². The third kappa shape index (κ3) is 5.01. The molecule has 110 valence electrons. The van der Waals surface area contributed by atoms with Gasteiger partial charge in [0, 0.05) is 19.0 Å². The second-order valence-electron chi connectivity index (χ2n) is 5.52. The maximum atomic E-state index is 12.3. The number of hydrogen-bond acceptors (Lipinski definition) is 4. The van der Waals surface area contributed by atoms with E-state index >= 15 is 0 Å². The summed E-state index contributed by atoms with van der Waals surface area (Å²) in [6, 6.07) is -0.0817. The van der Waals surface area contributed by atoms with Crippen molar-refractivity contribution < 1.29 is 19.1 Å². The predicted octanol–water partition coefficient (Wildman–Crippen LogP) is 1.65. The molecule has 0 spiro atoms. The molecule has 0 aliphatic rings. The number of amides is 1. The van der Waals surface area contributed by atoms with E-state index in [1.54, 1.807) is 34.7 Å². The third-order valence-electron chi connectivity index (χ3n) is 2.81. The van der Waals surface area contributed by atoms with Gasteiger partial charge in [-0.1, -0.05) is 13.8 Å². The Hall–Kier alpha value is -1.39. The van der Waals surface area contributed by atoms with Gasteiger partial charge in [-0.25, -0.2) is 0 Å². The van der Waals surface area contributed by atoms with E-state index < -0.39 is 29.5 Å². The summed E-state index contributed by atoms with van der Waals surface area (Å²) in [5.41, 5.74) is 0. The van der Waals surface area contributed by atoms with Gasteiger partial charge in [0.05, 0.1) is 6.10 Å². The first-order valence-corrected chi connectivity index (χ1v) is 6.60. The fraction of sp³-hybridized carbons (Fsp3) is 0.786. The molecule has 1 atom stereocenters. The van der Waals surface area contributed by atoms with E-state index in [1.165, 1.54) is 4.90 Å². The number of carbonyl (C=O) groups excluding carboxylic acids is 3. The van der Waals surface area contributed by atoms with E-state index in [2.05, 4.69) is 0 Å². The smallest absolute Gasteiger partial charge is 0.326 e. The molecule has 0 aliphatic carbocycles. The molecule has 0 saturated heterocycles. The van der Waals surface area contributed by atoms with Crippen molar-refractivity contribution in [3.63, 3.8) is 0 Å². The van der Waals surface area contributed by atoms with Crippen molar-refractivity contribution in [2.45, 2.75) is 53.7 Å². The van der Waals surface area contributed by atoms with Gasteiger partial charge in [-0.05, 0) is 27.7 Å². The van der Waals surface area contributed by atoms with Gasteiger partial charge in [0.15, 0.2) is 11.7 Å². The largest absolute Gasteiger partial charge is 0.462 e. The monoisotopic (exact) mass is 271 g/mol. The third-order valence-corrected chi connectivity index (χ3v) is 2.81. The topological polar surface area (TPSA) is 63.7 Å². The molecule has 19 heavy (non-hydrogen) atoms. The lowest BCUT2D eigenvalue weighted by Crippen LogP contribution is -2.46. The molecular formula is C14H25NO4. The second kappa shape index (κ2) is 7.26. The minimum absolute atomic E-state index is 0.0817. The standard InChI is InChI=1S/C14H25NO4/c1-8(2)12(16)11(14(18)19-10(5)6)13(17)15(7)9(3)4/h8-11H,1-7H3. The number of esters is 1. The molecule has 0 rings (SSSR count). The van der Waals surface area contributed by atoms with Crippen molar-refractivity contribution in [1.82, 2.24) is 4.90 Å². The number of nitrogens with zero attached hydrogens (tertiary/aromatic N) is 1. The van der Waals surface area contributed by atoms with Crippen molar-refractivity contribution in [3.05, 3.63) is 0 Å². The van der Waals surface area contributed by atoms with Crippen molar-refractivity contribution in [2.24, 2.45) is 11.8 Å². The summed E-state index contributed by atoms with van der Waals surface area (Å²) in [6.45, 7) is 10.4. The fourth-order valence-corrected chi connectivity index (χ4v) is 1.43. The quantitative estimate of drug-likeness (QED) is 0.544. The van der Waals surface area contributed by atoms with Gasteiger partial charge in [-0.3, -0.25) is 14.4 Å². The summed E-state index contributed by atoms with van der Waals surface area (Å²) in [7, 11) is 1.58. The Morgan fingerprint density at radius 1 is 0.947 bits per heavy atom. The predicted molar refractivity (Wildman–Crippen MR) is 72.5 cm³/mol. The lowest BCUT2D eigenvalue weighted by molar-refractivity contribution is -0.162. The Morgan fingerprint density at radius 3 is 1.74 bits per heavy atom. The van der Waals surface area contributed by atoms with E-state index in [1.807, 2.05) is 13.8 Å². The van der Waals surface area contributed by atoms with Crippen LogP contribution in [0.2, 0.25) is 0 Å². The van der Waals surface area contributed by atoms with Crippen molar-refractivity contribution in [3.8, 4) is 0 Å². The first-order valence-electron chi connectivity index (χ1n) is 6.60. The van der Waals surface area contributed by atoms with Crippen LogP contribution in [-0.4, -0.2) is 41.8 Å². The average molecular weight is 271 g/mol. The van der Waals surface area contributed by atoms with Crippen LogP contribution in [0.15, 0.2) is 0 Å². The second-order valence-corrected chi connectivity index (χ2v) is 5.52. The van der Waals surface area contributed by atoms with Crippen LogP contribution in [-0.2, 0) is 19.1 Å². The highest BCUT2D eigenvalue weighted by molar-refractivity contribution is 6.17. The molecule has 0 aromatic carbocycles. The molecule has 0 bridgehead atoms. The number of ether oxygens (including phenoxy) is 1. The maximum absolute atomic E-state index is 12.3. The molecule has 0 fully saturated rings. The maximum Gasteiger partial charge on any atom is 0.326 e. The zero-order valence-corrected chi connectivity index (χ0v) is 12.9. The first kappa shape index (κ1) is 17.6. The highest BCUT2D eigenvalue weighted by atomic mass is 16.5. The van der Waals surface area contributed by atoms with Gasteiger partial charge in [-0.15, -0.1) is 0 Å². The van der Waals surface area contributed by atoms with Crippen LogP contribution in [0, 0.1) is 11.8 Å². The summed E-state index contributed by atoms with van der Waals surface area (Å²) < 4.78 is 5.03. The van der Waals surface area contributed by atoms with Crippen LogP contribution >= 0.6 is 0 Å². The SMILES string of the molecule is CC(C)OC(=O)C(C(=O)C(C)C)C(=O)N(C)C(C)C. The lowest BCUT2D eigenvalue weighted by Gasteiger charge is -2.26. The molecule has 0 aliphatic heterocycles. The van der Waals surface area contributed by atoms with Gasteiger partial charge in [-0.2, -0.15) is 0 Å². The molecule has 0 saturated carbocycles. The highest BCUT2D eigenvalue weighted by Gasteiger charge is 2.39. The molecule has 1 unspecified atom stereocenters. The van der Waals surface area contributed by atoms with Crippen molar-refractivity contribution in [1.29, 1.82) is 0 Å². The molecular weight excluding hydrogens is 246 g/mol. The normalized spacial score (nSPS) is 12.7. The highest BCUT2D eigenvalue weighted by Crippen LogP contribution is 2.15. The molecule has 0 aromatic heterocycles. The van der Waals surface area contributed by atoms with Gasteiger partial charge >= 0.3 is 5.97 Å². The average Bonchev–Trinajstić information content (AvgIpc) is 2.26. The van der Waals surface area contributed by atoms with Crippen LogP contribution in [0.25, 0.3) is 0 Å². The Kier molecular flexibility index (Phi) is 6.73. The number of ketones is 1. The van der Waals surface area contributed by atoms with Gasteiger partial charge in [0.25, 0.3) is 0 Å². The zero-order valence-electron chi connectivity index (χ0n) is 12.9. The summed E-state index contributed by atoms with van der Waals surface area (Å²) in [5, 5.41) is 0. The van der Waals surface area contributed by atoms with E-state index in [0.29, 0.717) is 0 Å². The minimum atomic E-state index is -1.35. The van der Waals surface area contributed by atoms with E-state index in [-0.39, 0.29) is 12.1 Å². The number of carbonyl (C=O) groups is 3. The van der Waals surface area contributed by atoms with Crippen LogP contribution in [0.4, 0.5) is 0 Å². The van der Waals surface area contributed by atoms with E-state index in [4.69, 9.17) is 4.74 Å². The Labute approximate surface area is 115 Å². The van der Waals surface area contributed by atoms with Crippen molar-refractivity contribution >= 4 is 17.7 Å². The number of Topliss-reactive ketones (excluding diaryl/α,β-unsaturated/α-hetero) is 1. The molecule has 1 amide bonds. The Morgan fingerprint density at radius 2 is 1.42 bits per heavy atom. The molecule has 0 aromatic rings. The summed E-state index contributed by atoms with van der Waals surface area (Å²) >= 11 is 0. The van der Waals surface area contributed by atoms with Gasteiger partial charge in [0.2, 0.25) is 5.91 Å². The first-order chi connectivity index (χ1) is 8.59.